The molecule has 1 heterocycles. The summed E-state index contributed by atoms with van der Waals surface area (Å²) in [5.74, 6) is 0.760. The summed E-state index contributed by atoms with van der Waals surface area (Å²) >= 11 is 0. The van der Waals surface area contributed by atoms with Crippen LogP contribution in [0.15, 0.2) is 24.5 Å². The molecule has 1 fully saturated rings. The Kier molecular flexibility index (Phi) is 1.59. The third kappa shape index (κ3) is 1.41. The summed E-state index contributed by atoms with van der Waals surface area (Å²) in [7, 11) is 0. The van der Waals surface area contributed by atoms with Gasteiger partial charge in [-0.3, -0.25) is 0 Å². The Labute approximate surface area is 62.4 Å². The van der Waals surface area contributed by atoms with Crippen LogP contribution in [-0.4, -0.2) is 5.60 Å². The number of hydrogen-bond donors (Lipinski definition) is 0. The fourth-order valence-electron chi connectivity index (χ4n) is 1.05. The number of rotatable bonds is 0. The summed E-state index contributed by atoms with van der Waals surface area (Å²) < 4.78 is 5.49. The van der Waals surface area contributed by atoms with Crippen LogP contribution >= 0.6 is 0 Å². The van der Waals surface area contributed by atoms with Gasteiger partial charge < -0.3 is 4.74 Å². The largest absolute Gasteiger partial charge is 0.488 e. The Hall–Kier alpha value is -0.720. The Balaban J connectivity index is 2.66. The maximum Gasteiger partial charge on any atom is 0.115 e. The maximum absolute atomic E-state index is 5.49. The fraction of sp³-hybridized carbons (Fsp3) is 0.556. The number of hydrogen-bond acceptors (Lipinski definition) is 1. The highest BCUT2D eigenvalue weighted by atomic mass is 16.5. The first-order valence-corrected chi connectivity index (χ1v) is 3.57. The predicted molar refractivity (Wildman–Crippen MR) is 42.7 cm³/mol. The molecule has 0 amide bonds. The zero-order valence-corrected chi connectivity index (χ0v) is 6.74. The van der Waals surface area contributed by atoms with Gasteiger partial charge in [0, 0.05) is 0 Å². The topological polar surface area (TPSA) is 9.23 Å². The molecule has 0 aromatic heterocycles. The van der Waals surface area contributed by atoms with Crippen molar-refractivity contribution in [2.45, 2.75) is 32.3 Å². The van der Waals surface area contributed by atoms with Gasteiger partial charge in [0.05, 0.1) is 0 Å². The third-order valence-electron chi connectivity index (χ3n) is 1.82. The first-order valence-electron chi connectivity index (χ1n) is 3.57. The van der Waals surface area contributed by atoms with Crippen LogP contribution in [0.5, 0.6) is 0 Å². The summed E-state index contributed by atoms with van der Waals surface area (Å²) in [6, 6.07) is 0. The molecular weight excluding hydrogens is 124 g/mol. The van der Waals surface area contributed by atoms with E-state index in [2.05, 4.69) is 27.0 Å². The van der Waals surface area contributed by atoms with E-state index in [9.17, 15) is 0 Å². The Morgan fingerprint density at radius 2 is 2.00 bits per heavy atom. The van der Waals surface area contributed by atoms with Crippen molar-refractivity contribution in [2.75, 3.05) is 0 Å². The highest BCUT2D eigenvalue weighted by Crippen LogP contribution is 2.31. The highest BCUT2D eigenvalue weighted by Gasteiger charge is 2.25. The average Bonchev–Trinajstić information content (AvgIpc) is 1.79. The molecule has 0 radical (unpaired) electrons. The van der Waals surface area contributed by atoms with Crippen molar-refractivity contribution in [1.29, 1.82) is 0 Å². The first-order chi connectivity index (χ1) is 4.51. The molecule has 1 aliphatic heterocycles. The van der Waals surface area contributed by atoms with Gasteiger partial charge in [-0.15, -0.1) is 0 Å². The monoisotopic (exact) mass is 138 g/mol. The van der Waals surface area contributed by atoms with Gasteiger partial charge >= 0.3 is 0 Å². The molecule has 0 spiro atoms. The Bertz CT molecular complexity index is 177. The van der Waals surface area contributed by atoms with Gasteiger partial charge in [0.25, 0.3) is 0 Å². The molecule has 0 aromatic carbocycles. The van der Waals surface area contributed by atoms with E-state index in [0.29, 0.717) is 0 Å². The lowest BCUT2D eigenvalue weighted by molar-refractivity contribution is 0.0166. The summed E-state index contributed by atoms with van der Waals surface area (Å²) in [6.07, 6.45) is 2.07. The standard InChI is InChI=1S/C9H14O/c1-7-5-6-9(3,4)10-8(7)2/h1-2,5-6H2,3-4H3. The minimum Gasteiger partial charge on any atom is -0.488 e. The lowest BCUT2D eigenvalue weighted by Gasteiger charge is -2.33. The highest BCUT2D eigenvalue weighted by molar-refractivity contribution is 5.22. The second-order valence-electron chi connectivity index (χ2n) is 3.39. The molecule has 0 unspecified atom stereocenters. The first kappa shape index (κ1) is 7.39. The molecule has 0 N–H and O–H groups in total. The van der Waals surface area contributed by atoms with E-state index in [0.717, 1.165) is 24.2 Å². The second kappa shape index (κ2) is 2.15. The zero-order chi connectivity index (χ0) is 7.78. The zero-order valence-electron chi connectivity index (χ0n) is 6.74. The summed E-state index contributed by atoms with van der Waals surface area (Å²) in [4.78, 5) is 0. The molecule has 56 valence electrons. The lowest BCUT2D eigenvalue weighted by atomic mass is 9.95. The molecule has 10 heavy (non-hydrogen) atoms. The van der Waals surface area contributed by atoms with Gasteiger partial charge in [-0.25, -0.2) is 0 Å². The Morgan fingerprint density at radius 1 is 1.40 bits per heavy atom. The van der Waals surface area contributed by atoms with Crippen LogP contribution in [0.1, 0.15) is 26.7 Å². The molecule has 1 heteroatoms. The number of allylic oxidation sites excluding steroid dienone is 1. The van der Waals surface area contributed by atoms with Gasteiger partial charge in [-0.2, -0.15) is 0 Å². The van der Waals surface area contributed by atoms with Gasteiger partial charge in [-0.1, -0.05) is 13.2 Å². The third-order valence-corrected chi connectivity index (χ3v) is 1.82. The predicted octanol–water partition coefficient (Wildman–Crippen LogP) is 2.65. The molecule has 0 bridgehead atoms. The average molecular weight is 138 g/mol. The summed E-state index contributed by atoms with van der Waals surface area (Å²) in [6.45, 7) is 11.8. The van der Waals surface area contributed by atoms with Crippen molar-refractivity contribution in [3.63, 3.8) is 0 Å². The Morgan fingerprint density at radius 3 is 2.40 bits per heavy atom. The number of ether oxygens (including phenoxy) is 1. The minimum absolute atomic E-state index is 0.0295. The van der Waals surface area contributed by atoms with Gasteiger partial charge in [-0.05, 0) is 32.3 Å². The van der Waals surface area contributed by atoms with Crippen LogP contribution in [0.4, 0.5) is 0 Å². The maximum atomic E-state index is 5.49. The van der Waals surface area contributed by atoms with Crippen LogP contribution in [0.2, 0.25) is 0 Å². The normalized spacial score (nSPS) is 24.2. The molecule has 0 atom stereocenters. The lowest BCUT2D eigenvalue weighted by Crippen LogP contribution is -2.28. The van der Waals surface area contributed by atoms with Crippen molar-refractivity contribution in [1.82, 2.24) is 0 Å². The molecule has 1 saturated heterocycles. The van der Waals surface area contributed by atoms with Crippen LogP contribution in [0.25, 0.3) is 0 Å². The quantitative estimate of drug-likeness (QED) is 0.500. The smallest absolute Gasteiger partial charge is 0.115 e. The molecule has 1 aliphatic rings. The van der Waals surface area contributed by atoms with Crippen molar-refractivity contribution in [2.24, 2.45) is 0 Å². The second-order valence-corrected chi connectivity index (χ2v) is 3.39. The van der Waals surface area contributed by atoms with Crippen molar-refractivity contribution in [3.8, 4) is 0 Å². The fourth-order valence-corrected chi connectivity index (χ4v) is 1.05. The molecule has 1 nitrogen and oxygen atoms in total. The van der Waals surface area contributed by atoms with Crippen LogP contribution < -0.4 is 0 Å². The van der Waals surface area contributed by atoms with E-state index in [1.165, 1.54) is 0 Å². The molecule has 1 rings (SSSR count). The summed E-state index contributed by atoms with van der Waals surface area (Å²) in [5, 5.41) is 0. The molecular formula is C9H14O. The van der Waals surface area contributed by atoms with E-state index in [4.69, 9.17) is 4.74 Å². The van der Waals surface area contributed by atoms with Crippen molar-refractivity contribution >= 4 is 0 Å². The van der Waals surface area contributed by atoms with Crippen LogP contribution in [0, 0.1) is 0 Å². The van der Waals surface area contributed by atoms with Crippen LogP contribution in [-0.2, 0) is 4.74 Å². The van der Waals surface area contributed by atoms with Gasteiger partial charge in [0.1, 0.15) is 11.4 Å². The van der Waals surface area contributed by atoms with Crippen molar-refractivity contribution < 1.29 is 4.74 Å². The van der Waals surface area contributed by atoms with Gasteiger partial charge in [0.2, 0.25) is 0 Å². The van der Waals surface area contributed by atoms with E-state index < -0.39 is 0 Å². The van der Waals surface area contributed by atoms with Crippen LogP contribution in [0.3, 0.4) is 0 Å². The van der Waals surface area contributed by atoms with E-state index in [1.54, 1.807) is 0 Å². The van der Waals surface area contributed by atoms with E-state index >= 15 is 0 Å². The molecule has 0 saturated carbocycles. The molecule has 0 aliphatic carbocycles. The molecule has 0 aromatic rings. The van der Waals surface area contributed by atoms with E-state index in [-0.39, 0.29) is 5.60 Å². The van der Waals surface area contributed by atoms with Crippen molar-refractivity contribution in [3.05, 3.63) is 24.5 Å². The SMILES string of the molecule is C=C1CCC(C)(C)OC1=C. The summed E-state index contributed by atoms with van der Waals surface area (Å²) in [5.41, 5.74) is 1.01. The minimum atomic E-state index is -0.0295. The van der Waals surface area contributed by atoms with E-state index in [1.807, 2.05) is 0 Å². The van der Waals surface area contributed by atoms with Gasteiger partial charge in [0.15, 0.2) is 0 Å².